The lowest BCUT2D eigenvalue weighted by atomic mass is 9.88. The van der Waals surface area contributed by atoms with Gasteiger partial charge in [-0.2, -0.15) is 0 Å². The number of fused-ring (bicyclic) bond motifs is 3. The predicted molar refractivity (Wildman–Crippen MR) is 207 cm³/mol. The Morgan fingerprint density at radius 3 is 2.16 bits per heavy atom. The number of nitrogens with zero attached hydrogens (tertiary/aromatic N) is 2. The first-order valence-corrected chi connectivity index (χ1v) is 17.2. The monoisotopic (exact) mass is 646 g/mol. The molecule has 2 heterocycles. The van der Waals surface area contributed by atoms with Crippen LogP contribution in [0.2, 0.25) is 0 Å². The third-order valence-corrected chi connectivity index (χ3v) is 9.62. The zero-order valence-corrected chi connectivity index (χ0v) is 28.3. The molecule has 2 atom stereocenters. The van der Waals surface area contributed by atoms with Crippen LogP contribution in [-0.2, 0) is 6.54 Å². The summed E-state index contributed by atoms with van der Waals surface area (Å²) in [7, 11) is 0. The summed E-state index contributed by atoms with van der Waals surface area (Å²) < 4.78 is 6.47. The SMILES string of the molecule is CC1=CC2Oc3cc(-c4cc(/C(C)=C/C(=N\Cc5ccccc5)c5ccc(-c6ccccc6)cc5)cc(-c5cccnc5)c4)ccc3C2C=C1. The number of rotatable bonds is 8. The van der Waals surface area contributed by atoms with Crippen LogP contribution in [0.5, 0.6) is 5.75 Å². The molecule has 5 aromatic carbocycles. The van der Waals surface area contributed by atoms with E-state index in [0.717, 1.165) is 50.4 Å². The first kappa shape index (κ1) is 31.2. The van der Waals surface area contributed by atoms with Crippen LogP contribution in [-0.4, -0.2) is 16.8 Å². The second kappa shape index (κ2) is 13.8. The molecular weight excluding hydrogens is 609 g/mol. The lowest BCUT2D eigenvalue weighted by Gasteiger charge is -2.16. The van der Waals surface area contributed by atoms with Crippen LogP contribution in [0, 0.1) is 0 Å². The van der Waals surface area contributed by atoms with Gasteiger partial charge in [0.1, 0.15) is 11.9 Å². The van der Waals surface area contributed by atoms with Gasteiger partial charge >= 0.3 is 0 Å². The lowest BCUT2D eigenvalue weighted by molar-refractivity contribution is 0.268. The Kier molecular flexibility index (Phi) is 8.63. The van der Waals surface area contributed by atoms with E-state index in [1.165, 1.54) is 27.8 Å². The molecule has 8 rings (SSSR count). The van der Waals surface area contributed by atoms with E-state index in [1.807, 2.05) is 30.6 Å². The first-order chi connectivity index (χ1) is 24.6. The van der Waals surface area contributed by atoms with Crippen molar-refractivity contribution in [2.75, 3.05) is 0 Å². The summed E-state index contributed by atoms with van der Waals surface area (Å²) in [6.07, 6.45) is 12.7. The molecule has 0 saturated carbocycles. The van der Waals surface area contributed by atoms with E-state index in [2.05, 4.69) is 158 Å². The van der Waals surface area contributed by atoms with Gasteiger partial charge in [0.05, 0.1) is 12.3 Å². The van der Waals surface area contributed by atoms with Crippen LogP contribution in [0.1, 0.15) is 42.0 Å². The molecule has 2 unspecified atom stereocenters. The third kappa shape index (κ3) is 6.63. The average Bonchev–Trinajstić information content (AvgIpc) is 3.54. The second-order valence-corrected chi connectivity index (χ2v) is 13.1. The highest BCUT2D eigenvalue weighted by atomic mass is 16.5. The van der Waals surface area contributed by atoms with Gasteiger partial charge in [-0.1, -0.05) is 121 Å². The summed E-state index contributed by atoms with van der Waals surface area (Å²) in [5.74, 6) is 1.23. The van der Waals surface area contributed by atoms with Gasteiger partial charge in [-0.25, -0.2) is 0 Å². The fraction of sp³-hybridized carbons (Fsp3) is 0.106. The van der Waals surface area contributed by atoms with Crippen molar-refractivity contribution in [3.8, 4) is 39.1 Å². The summed E-state index contributed by atoms with van der Waals surface area (Å²) in [6, 6.07) is 47.3. The zero-order valence-electron chi connectivity index (χ0n) is 28.3. The summed E-state index contributed by atoms with van der Waals surface area (Å²) in [6.45, 7) is 4.91. The Bertz CT molecular complexity index is 2260. The van der Waals surface area contributed by atoms with Crippen molar-refractivity contribution in [1.82, 2.24) is 4.98 Å². The van der Waals surface area contributed by atoms with Crippen LogP contribution < -0.4 is 4.74 Å². The molecule has 50 heavy (non-hydrogen) atoms. The van der Waals surface area contributed by atoms with Gasteiger partial charge in [0.2, 0.25) is 0 Å². The van der Waals surface area contributed by atoms with Gasteiger partial charge < -0.3 is 4.74 Å². The third-order valence-electron chi connectivity index (χ3n) is 9.62. The van der Waals surface area contributed by atoms with Crippen molar-refractivity contribution in [2.24, 2.45) is 4.99 Å². The molecular formula is C47H38N2O. The van der Waals surface area contributed by atoms with Crippen molar-refractivity contribution in [3.05, 3.63) is 198 Å². The number of hydrogen-bond acceptors (Lipinski definition) is 3. The lowest BCUT2D eigenvalue weighted by Crippen LogP contribution is -2.16. The molecule has 242 valence electrons. The molecule has 1 aliphatic carbocycles. The summed E-state index contributed by atoms with van der Waals surface area (Å²) in [5.41, 5.74) is 14.8. The molecule has 3 heteroatoms. The summed E-state index contributed by atoms with van der Waals surface area (Å²) >= 11 is 0. The van der Waals surface area contributed by atoms with E-state index in [1.54, 1.807) is 0 Å². The predicted octanol–water partition coefficient (Wildman–Crippen LogP) is 11.5. The van der Waals surface area contributed by atoms with Gasteiger partial charge in [0.25, 0.3) is 0 Å². The van der Waals surface area contributed by atoms with Crippen LogP contribution in [0.25, 0.3) is 39.0 Å². The molecule has 0 spiro atoms. The van der Waals surface area contributed by atoms with E-state index in [-0.39, 0.29) is 12.0 Å². The number of benzene rings is 5. The molecule has 1 aliphatic heterocycles. The van der Waals surface area contributed by atoms with Crippen molar-refractivity contribution in [2.45, 2.75) is 32.4 Å². The molecule has 0 bridgehead atoms. The Hall–Kier alpha value is -6.06. The number of pyridine rings is 1. The molecule has 0 N–H and O–H groups in total. The number of aliphatic imine (C=N–C) groups is 1. The van der Waals surface area contributed by atoms with Crippen LogP contribution >= 0.6 is 0 Å². The minimum absolute atomic E-state index is 0.0584. The molecule has 0 saturated heterocycles. The van der Waals surface area contributed by atoms with E-state index < -0.39 is 0 Å². The topological polar surface area (TPSA) is 34.5 Å². The normalized spacial score (nSPS) is 16.7. The highest BCUT2D eigenvalue weighted by Gasteiger charge is 2.33. The maximum absolute atomic E-state index is 6.47. The van der Waals surface area contributed by atoms with Crippen LogP contribution in [0.4, 0.5) is 0 Å². The molecule has 3 nitrogen and oxygen atoms in total. The summed E-state index contributed by atoms with van der Waals surface area (Å²) in [5, 5.41) is 0. The fourth-order valence-electron chi connectivity index (χ4n) is 6.86. The molecule has 0 fully saturated rings. The molecule has 0 radical (unpaired) electrons. The zero-order chi connectivity index (χ0) is 33.9. The largest absolute Gasteiger partial charge is 0.485 e. The van der Waals surface area contributed by atoms with Crippen LogP contribution in [0.3, 0.4) is 0 Å². The quantitative estimate of drug-likeness (QED) is 0.154. The second-order valence-electron chi connectivity index (χ2n) is 13.1. The Balaban J connectivity index is 1.19. The minimum atomic E-state index is 0.0584. The Morgan fingerprint density at radius 2 is 1.40 bits per heavy atom. The van der Waals surface area contributed by atoms with Gasteiger partial charge in [0, 0.05) is 29.4 Å². The maximum atomic E-state index is 6.47. The maximum Gasteiger partial charge on any atom is 0.128 e. The Labute approximate surface area is 294 Å². The first-order valence-electron chi connectivity index (χ1n) is 17.2. The minimum Gasteiger partial charge on any atom is -0.485 e. The number of hydrogen-bond donors (Lipinski definition) is 0. The van der Waals surface area contributed by atoms with Gasteiger partial charge in [-0.05, 0) is 106 Å². The highest BCUT2D eigenvalue weighted by Crippen LogP contribution is 2.44. The summed E-state index contributed by atoms with van der Waals surface area (Å²) in [4.78, 5) is 9.61. The standard InChI is InChI=1S/C47H38N2O/c1-32-15-21-43-44-22-20-38(29-47(44)50-46(43)24-32)41-26-40(27-42(28-41)39-14-9-23-48-31-39)33(2)25-45(49-30-34-10-5-3-6-11-34)37-18-16-36(17-19-37)35-12-7-4-8-13-35/h3-29,31,43,46H,30H2,1-2H3/b33-25+,49-45+. The number of aromatic nitrogens is 1. The molecule has 2 aliphatic rings. The fourth-order valence-corrected chi connectivity index (χ4v) is 6.86. The average molecular weight is 647 g/mol. The van der Waals surface area contributed by atoms with Gasteiger partial charge in [-0.15, -0.1) is 0 Å². The number of allylic oxidation sites excluding steroid dienone is 4. The Morgan fingerprint density at radius 1 is 0.700 bits per heavy atom. The van der Waals surface area contributed by atoms with Crippen molar-refractivity contribution >= 4 is 11.3 Å². The van der Waals surface area contributed by atoms with Gasteiger partial charge in [-0.3, -0.25) is 9.98 Å². The highest BCUT2D eigenvalue weighted by molar-refractivity contribution is 6.12. The smallest absolute Gasteiger partial charge is 0.128 e. The molecule has 0 amide bonds. The van der Waals surface area contributed by atoms with Crippen molar-refractivity contribution < 1.29 is 4.74 Å². The van der Waals surface area contributed by atoms with E-state index in [9.17, 15) is 0 Å². The van der Waals surface area contributed by atoms with Crippen LogP contribution in [0.15, 0.2) is 181 Å². The number of ether oxygens (including phenoxy) is 1. The molecule has 1 aromatic heterocycles. The van der Waals surface area contributed by atoms with E-state index in [0.29, 0.717) is 6.54 Å². The van der Waals surface area contributed by atoms with E-state index >= 15 is 0 Å². The van der Waals surface area contributed by atoms with Crippen molar-refractivity contribution in [3.63, 3.8) is 0 Å². The van der Waals surface area contributed by atoms with Crippen molar-refractivity contribution in [1.29, 1.82) is 0 Å². The van der Waals surface area contributed by atoms with Gasteiger partial charge in [0.15, 0.2) is 0 Å². The molecule has 6 aromatic rings. The van der Waals surface area contributed by atoms with E-state index in [4.69, 9.17) is 9.73 Å².